The number of hydrogen-bond acceptors (Lipinski definition) is 3. The van der Waals surface area contributed by atoms with Crippen molar-refractivity contribution >= 4 is 21.7 Å². The van der Waals surface area contributed by atoms with Crippen molar-refractivity contribution in [2.24, 2.45) is 7.05 Å². The van der Waals surface area contributed by atoms with Crippen molar-refractivity contribution < 1.29 is 23.5 Å². The molecule has 1 aromatic heterocycles. The van der Waals surface area contributed by atoms with Gasteiger partial charge in [-0.2, -0.15) is 4.57 Å². The van der Waals surface area contributed by atoms with E-state index in [1.165, 1.54) is 12.1 Å². The Morgan fingerprint density at radius 3 is 2.78 bits per heavy atom. The Bertz CT molecular complexity index is 1220. The molecule has 2 heterocycles. The molecule has 0 aliphatic carbocycles. The molecule has 0 bridgehead atoms. The van der Waals surface area contributed by atoms with Crippen LogP contribution in [-0.2, 0) is 7.05 Å². The van der Waals surface area contributed by atoms with E-state index in [1.807, 2.05) is 43.4 Å². The average molecular weight is 362 g/mol. The number of nitrogens with zero attached hydrogens (tertiary/aromatic N) is 1. The molecule has 4 aromatic rings. The number of aliphatic hydroxyl groups is 1. The highest BCUT2D eigenvalue weighted by Crippen LogP contribution is 2.46. The number of rotatable bonds is 3. The molecular formula is C22H17FNO3+. The van der Waals surface area contributed by atoms with Crippen LogP contribution in [0.1, 0.15) is 0 Å². The number of ether oxygens (including phenoxy) is 2. The van der Waals surface area contributed by atoms with Crippen LogP contribution in [-0.4, -0.2) is 18.3 Å². The molecule has 0 saturated heterocycles. The van der Waals surface area contributed by atoms with E-state index >= 15 is 0 Å². The highest BCUT2D eigenvalue weighted by molar-refractivity contribution is 6.12. The maximum Gasteiger partial charge on any atom is 0.228 e. The summed E-state index contributed by atoms with van der Waals surface area (Å²) >= 11 is 0. The second-order valence-electron chi connectivity index (χ2n) is 6.58. The molecule has 1 aliphatic rings. The Labute approximate surface area is 155 Å². The van der Waals surface area contributed by atoms with Gasteiger partial charge in [0.1, 0.15) is 36.7 Å². The van der Waals surface area contributed by atoms with E-state index in [-0.39, 0.29) is 19.0 Å². The smallest absolute Gasteiger partial charge is 0.228 e. The molecule has 5 heteroatoms. The number of benzene rings is 3. The third-order valence-electron chi connectivity index (χ3n) is 4.99. The highest BCUT2D eigenvalue weighted by Gasteiger charge is 2.30. The number of halogens is 1. The fourth-order valence-corrected chi connectivity index (χ4v) is 3.86. The second-order valence-corrected chi connectivity index (χ2v) is 6.58. The molecule has 1 aliphatic heterocycles. The third kappa shape index (κ3) is 2.35. The van der Waals surface area contributed by atoms with Gasteiger partial charge < -0.3 is 14.6 Å². The average Bonchev–Trinajstić information content (AvgIpc) is 2.69. The molecule has 0 radical (unpaired) electrons. The van der Waals surface area contributed by atoms with E-state index in [2.05, 4.69) is 4.57 Å². The minimum Gasteiger partial charge on any atom is -0.491 e. The minimum absolute atomic E-state index is 0.0359. The van der Waals surface area contributed by atoms with Crippen molar-refractivity contribution in [1.29, 1.82) is 0 Å². The van der Waals surface area contributed by atoms with Crippen molar-refractivity contribution in [1.82, 2.24) is 0 Å². The fraction of sp³-hybridized carbons (Fsp3) is 0.136. The largest absolute Gasteiger partial charge is 0.491 e. The van der Waals surface area contributed by atoms with E-state index in [1.54, 1.807) is 6.07 Å². The Balaban J connectivity index is 1.89. The van der Waals surface area contributed by atoms with Crippen LogP contribution in [0.25, 0.3) is 32.9 Å². The van der Waals surface area contributed by atoms with Gasteiger partial charge in [0, 0.05) is 11.5 Å². The molecule has 5 rings (SSSR count). The van der Waals surface area contributed by atoms with E-state index in [4.69, 9.17) is 14.6 Å². The van der Waals surface area contributed by atoms with E-state index in [0.717, 1.165) is 38.7 Å². The third-order valence-corrected chi connectivity index (χ3v) is 4.99. The molecule has 27 heavy (non-hydrogen) atoms. The van der Waals surface area contributed by atoms with Crippen LogP contribution in [0, 0.1) is 5.82 Å². The van der Waals surface area contributed by atoms with E-state index in [9.17, 15) is 4.39 Å². The molecule has 0 atom stereocenters. The summed E-state index contributed by atoms with van der Waals surface area (Å²) in [6.45, 7) is 0.209. The first-order valence-electron chi connectivity index (χ1n) is 8.77. The molecule has 0 amide bonds. The standard InChI is InChI=1S/C22H17FNO3/c1-24-18-7-6-14(26-10-9-25)12-16(18)15-3-2-4-20-21(15)22(24)17-11-13(23)5-8-19(17)27-20/h2-8,11-12,25H,9-10H2,1H3/q+1. The van der Waals surface area contributed by atoms with Gasteiger partial charge in [-0.25, -0.2) is 4.39 Å². The molecule has 134 valence electrons. The molecule has 4 nitrogen and oxygen atoms in total. The van der Waals surface area contributed by atoms with Crippen molar-refractivity contribution in [3.63, 3.8) is 0 Å². The number of aromatic nitrogens is 1. The van der Waals surface area contributed by atoms with Crippen molar-refractivity contribution in [2.75, 3.05) is 13.2 Å². The van der Waals surface area contributed by atoms with Crippen LogP contribution >= 0.6 is 0 Å². The molecule has 1 N–H and O–H groups in total. The SMILES string of the molecule is C[n+]1c2c3c(cccc3c3cc(OCCO)ccc31)Oc1ccc(F)cc1-2. The van der Waals surface area contributed by atoms with Crippen LogP contribution in [0.5, 0.6) is 17.2 Å². The lowest BCUT2D eigenvalue weighted by Gasteiger charge is -2.20. The van der Waals surface area contributed by atoms with Gasteiger partial charge in [0.05, 0.1) is 22.9 Å². The first-order chi connectivity index (χ1) is 13.2. The normalized spacial score (nSPS) is 12.1. The molecule has 3 aromatic carbocycles. The summed E-state index contributed by atoms with van der Waals surface area (Å²) in [4.78, 5) is 0. The number of hydrogen-bond donors (Lipinski definition) is 1. The van der Waals surface area contributed by atoms with Crippen LogP contribution in [0.2, 0.25) is 0 Å². The summed E-state index contributed by atoms with van der Waals surface area (Å²) in [6.07, 6.45) is 0. The first kappa shape index (κ1) is 16.0. The summed E-state index contributed by atoms with van der Waals surface area (Å²) < 4.78 is 27.7. The lowest BCUT2D eigenvalue weighted by Crippen LogP contribution is -2.33. The van der Waals surface area contributed by atoms with Gasteiger partial charge in [0.2, 0.25) is 11.2 Å². The van der Waals surface area contributed by atoms with Gasteiger partial charge in [-0.05, 0) is 36.4 Å². The Kier molecular flexibility index (Phi) is 3.52. The zero-order chi connectivity index (χ0) is 18.5. The summed E-state index contributed by atoms with van der Waals surface area (Å²) in [6, 6.07) is 16.4. The molecule has 0 fully saturated rings. The Morgan fingerprint density at radius 1 is 1.04 bits per heavy atom. The maximum atomic E-state index is 14.0. The van der Waals surface area contributed by atoms with Gasteiger partial charge in [0.15, 0.2) is 0 Å². The topological polar surface area (TPSA) is 42.6 Å². The molecule has 0 saturated carbocycles. The monoisotopic (exact) mass is 362 g/mol. The predicted molar refractivity (Wildman–Crippen MR) is 101 cm³/mol. The molecular weight excluding hydrogens is 345 g/mol. The molecule has 0 unspecified atom stereocenters. The van der Waals surface area contributed by atoms with Crippen LogP contribution < -0.4 is 14.0 Å². The summed E-state index contributed by atoms with van der Waals surface area (Å²) in [5, 5.41) is 12.0. The minimum atomic E-state index is -0.294. The zero-order valence-electron chi connectivity index (χ0n) is 14.7. The van der Waals surface area contributed by atoms with E-state index < -0.39 is 0 Å². The van der Waals surface area contributed by atoms with Crippen LogP contribution in [0.4, 0.5) is 4.39 Å². The Hall–Kier alpha value is -3.18. The first-order valence-corrected chi connectivity index (χ1v) is 8.77. The number of fused-ring (bicyclic) bond motifs is 4. The van der Waals surface area contributed by atoms with Gasteiger partial charge in [-0.15, -0.1) is 0 Å². The summed E-state index contributed by atoms with van der Waals surface area (Å²) in [5.41, 5.74) is 2.67. The van der Waals surface area contributed by atoms with E-state index in [0.29, 0.717) is 11.5 Å². The predicted octanol–water partition coefficient (Wildman–Crippen LogP) is 4.10. The van der Waals surface area contributed by atoms with Crippen LogP contribution in [0.3, 0.4) is 0 Å². The highest BCUT2D eigenvalue weighted by atomic mass is 19.1. The van der Waals surface area contributed by atoms with Crippen molar-refractivity contribution in [2.45, 2.75) is 0 Å². The van der Waals surface area contributed by atoms with Gasteiger partial charge in [-0.3, -0.25) is 0 Å². The number of aryl methyl sites for hydroxylation is 1. The van der Waals surface area contributed by atoms with Crippen molar-refractivity contribution in [3.05, 3.63) is 60.4 Å². The fourth-order valence-electron chi connectivity index (χ4n) is 3.86. The van der Waals surface area contributed by atoms with Crippen LogP contribution in [0.15, 0.2) is 54.6 Å². The summed E-state index contributed by atoms with van der Waals surface area (Å²) in [7, 11) is 1.97. The van der Waals surface area contributed by atoms with Gasteiger partial charge in [-0.1, -0.05) is 12.1 Å². The maximum absolute atomic E-state index is 14.0. The van der Waals surface area contributed by atoms with Gasteiger partial charge >= 0.3 is 0 Å². The molecule has 0 spiro atoms. The quantitative estimate of drug-likeness (QED) is 0.388. The number of pyridine rings is 1. The second kappa shape index (κ2) is 5.93. The Morgan fingerprint density at radius 2 is 1.93 bits per heavy atom. The van der Waals surface area contributed by atoms with Gasteiger partial charge in [0.25, 0.3) is 0 Å². The lowest BCUT2D eigenvalue weighted by molar-refractivity contribution is -0.632. The zero-order valence-corrected chi connectivity index (χ0v) is 14.7. The number of aliphatic hydroxyl groups excluding tert-OH is 1. The lowest BCUT2D eigenvalue weighted by atomic mass is 9.96. The summed E-state index contributed by atoms with van der Waals surface area (Å²) in [5.74, 6) is 1.80. The van der Waals surface area contributed by atoms with Crippen molar-refractivity contribution in [3.8, 4) is 28.5 Å².